The van der Waals surface area contributed by atoms with Crippen LogP contribution in [0.3, 0.4) is 0 Å². The monoisotopic (exact) mass is 464 g/mol. The number of hydrogen-bond acceptors (Lipinski definition) is 3. The van der Waals surface area contributed by atoms with Gasteiger partial charge in [0.15, 0.2) is 6.61 Å². The van der Waals surface area contributed by atoms with E-state index in [-0.39, 0.29) is 12.5 Å². The molecule has 0 N–H and O–H groups in total. The second kappa shape index (κ2) is 9.92. The van der Waals surface area contributed by atoms with Crippen molar-refractivity contribution >= 4 is 21.8 Å². The first-order valence-corrected chi connectivity index (χ1v) is 11.0. The van der Waals surface area contributed by atoms with Gasteiger partial charge in [-0.05, 0) is 44.8 Å². The fourth-order valence-corrected chi connectivity index (χ4v) is 4.15. The van der Waals surface area contributed by atoms with Crippen molar-refractivity contribution in [1.82, 2.24) is 9.80 Å². The Kier molecular flexibility index (Phi) is 6.82. The second-order valence-corrected chi connectivity index (χ2v) is 8.30. The molecular weight excluding hydrogens is 440 g/mol. The summed E-state index contributed by atoms with van der Waals surface area (Å²) in [6.07, 6.45) is 0. The molecule has 0 atom stereocenters. The standard InChI is InChI=1S/C25H25BrN2O2/c26-23-17-22(21-9-5-2-6-10-21)11-12-24(23)30-19-25(29)28-15-13-27(14-16-28)18-20-7-3-1-4-8-20/h1-12,17H,13-16,18-19H2. The zero-order valence-electron chi connectivity index (χ0n) is 16.8. The summed E-state index contributed by atoms with van der Waals surface area (Å²) >= 11 is 3.57. The molecule has 3 aromatic carbocycles. The van der Waals surface area contributed by atoms with Crippen LogP contribution in [0.25, 0.3) is 11.1 Å². The highest BCUT2D eigenvalue weighted by molar-refractivity contribution is 9.10. The Bertz CT molecular complexity index is 971. The molecule has 1 saturated heterocycles. The maximum absolute atomic E-state index is 12.6. The van der Waals surface area contributed by atoms with Gasteiger partial charge in [-0.15, -0.1) is 0 Å². The van der Waals surface area contributed by atoms with Gasteiger partial charge >= 0.3 is 0 Å². The zero-order chi connectivity index (χ0) is 20.8. The van der Waals surface area contributed by atoms with Crippen LogP contribution in [-0.4, -0.2) is 48.5 Å². The van der Waals surface area contributed by atoms with E-state index in [9.17, 15) is 4.79 Å². The van der Waals surface area contributed by atoms with Crippen LogP contribution in [0.2, 0.25) is 0 Å². The summed E-state index contributed by atoms with van der Waals surface area (Å²) in [5.41, 5.74) is 3.56. The van der Waals surface area contributed by atoms with Gasteiger partial charge in [0.05, 0.1) is 4.47 Å². The van der Waals surface area contributed by atoms with E-state index in [1.54, 1.807) is 0 Å². The summed E-state index contributed by atoms with van der Waals surface area (Å²) < 4.78 is 6.66. The van der Waals surface area contributed by atoms with Gasteiger partial charge in [0.25, 0.3) is 5.91 Å². The normalized spacial score (nSPS) is 14.5. The van der Waals surface area contributed by atoms with E-state index in [4.69, 9.17) is 4.74 Å². The van der Waals surface area contributed by atoms with E-state index in [0.717, 1.165) is 48.3 Å². The minimum absolute atomic E-state index is 0.0356. The fourth-order valence-electron chi connectivity index (χ4n) is 3.66. The van der Waals surface area contributed by atoms with Crippen LogP contribution >= 0.6 is 15.9 Å². The highest BCUT2D eigenvalue weighted by Gasteiger charge is 2.21. The maximum Gasteiger partial charge on any atom is 0.260 e. The van der Waals surface area contributed by atoms with Crippen LogP contribution < -0.4 is 4.74 Å². The maximum atomic E-state index is 12.6. The van der Waals surface area contributed by atoms with Gasteiger partial charge in [-0.1, -0.05) is 66.7 Å². The summed E-state index contributed by atoms with van der Waals surface area (Å²) in [5.74, 6) is 0.721. The number of piperazine rings is 1. The smallest absolute Gasteiger partial charge is 0.260 e. The van der Waals surface area contributed by atoms with Crippen molar-refractivity contribution in [3.8, 4) is 16.9 Å². The average Bonchev–Trinajstić information content (AvgIpc) is 2.80. The van der Waals surface area contributed by atoms with E-state index in [1.807, 2.05) is 47.4 Å². The average molecular weight is 465 g/mol. The number of rotatable bonds is 6. The van der Waals surface area contributed by atoms with Crippen molar-refractivity contribution in [3.05, 3.63) is 88.9 Å². The van der Waals surface area contributed by atoms with E-state index >= 15 is 0 Å². The Labute approximate surface area is 186 Å². The summed E-state index contributed by atoms with van der Waals surface area (Å²) in [7, 11) is 0. The molecule has 1 aliphatic heterocycles. The molecule has 30 heavy (non-hydrogen) atoms. The topological polar surface area (TPSA) is 32.8 Å². The third-order valence-corrected chi connectivity index (χ3v) is 5.98. The molecule has 0 bridgehead atoms. The van der Waals surface area contributed by atoms with E-state index in [0.29, 0.717) is 5.75 Å². The highest BCUT2D eigenvalue weighted by Crippen LogP contribution is 2.30. The molecule has 3 aromatic rings. The van der Waals surface area contributed by atoms with Crippen molar-refractivity contribution in [2.45, 2.75) is 6.54 Å². The van der Waals surface area contributed by atoms with Gasteiger partial charge in [-0.3, -0.25) is 9.69 Å². The third kappa shape index (κ3) is 5.29. The number of hydrogen-bond donors (Lipinski definition) is 0. The number of carbonyl (C=O) groups is 1. The molecule has 0 unspecified atom stereocenters. The SMILES string of the molecule is O=C(COc1ccc(-c2ccccc2)cc1Br)N1CCN(Cc2ccccc2)CC1. The van der Waals surface area contributed by atoms with Gasteiger partial charge in [-0.2, -0.15) is 0 Å². The summed E-state index contributed by atoms with van der Waals surface area (Å²) in [6.45, 7) is 4.24. The minimum atomic E-state index is 0.0356. The Hall–Kier alpha value is -2.63. The molecule has 0 spiro atoms. The summed E-state index contributed by atoms with van der Waals surface area (Å²) in [6, 6.07) is 26.6. The van der Waals surface area contributed by atoms with Crippen LogP contribution in [0.4, 0.5) is 0 Å². The molecule has 0 aromatic heterocycles. The second-order valence-electron chi connectivity index (χ2n) is 7.44. The first-order chi connectivity index (χ1) is 14.7. The van der Waals surface area contributed by atoms with E-state index in [2.05, 4.69) is 57.2 Å². The molecular formula is C25H25BrN2O2. The number of ether oxygens (including phenoxy) is 1. The molecule has 154 valence electrons. The zero-order valence-corrected chi connectivity index (χ0v) is 18.4. The molecule has 1 aliphatic rings. The van der Waals surface area contributed by atoms with Crippen molar-refractivity contribution in [3.63, 3.8) is 0 Å². The van der Waals surface area contributed by atoms with Crippen LogP contribution in [0.5, 0.6) is 5.75 Å². The van der Waals surface area contributed by atoms with Crippen molar-refractivity contribution in [1.29, 1.82) is 0 Å². The van der Waals surface area contributed by atoms with Gasteiger partial charge in [0, 0.05) is 32.7 Å². The highest BCUT2D eigenvalue weighted by atomic mass is 79.9. The number of nitrogens with zero attached hydrogens (tertiary/aromatic N) is 2. The van der Waals surface area contributed by atoms with Gasteiger partial charge < -0.3 is 9.64 Å². The number of carbonyl (C=O) groups excluding carboxylic acids is 1. The lowest BCUT2D eigenvalue weighted by Gasteiger charge is -2.34. The number of benzene rings is 3. The largest absolute Gasteiger partial charge is 0.483 e. The first kappa shape index (κ1) is 20.6. The molecule has 1 fully saturated rings. The Morgan fingerprint density at radius 1 is 0.833 bits per heavy atom. The molecule has 0 radical (unpaired) electrons. The predicted molar refractivity (Wildman–Crippen MR) is 123 cm³/mol. The first-order valence-electron chi connectivity index (χ1n) is 10.2. The lowest BCUT2D eigenvalue weighted by Crippen LogP contribution is -2.49. The lowest BCUT2D eigenvalue weighted by atomic mass is 10.1. The van der Waals surface area contributed by atoms with Gasteiger partial charge in [0.1, 0.15) is 5.75 Å². The molecule has 1 heterocycles. The van der Waals surface area contributed by atoms with Crippen LogP contribution in [0.15, 0.2) is 83.3 Å². The Balaban J connectivity index is 1.27. The van der Waals surface area contributed by atoms with Crippen LogP contribution in [0.1, 0.15) is 5.56 Å². The number of amides is 1. The number of halogens is 1. The summed E-state index contributed by atoms with van der Waals surface area (Å²) in [5, 5.41) is 0. The molecule has 0 aliphatic carbocycles. The van der Waals surface area contributed by atoms with E-state index < -0.39 is 0 Å². The predicted octanol–water partition coefficient (Wildman–Crippen LogP) is 4.84. The van der Waals surface area contributed by atoms with Gasteiger partial charge in [-0.25, -0.2) is 0 Å². The quantitative estimate of drug-likeness (QED) is 0.523. The van der Waals surface area contributed by atoms with Crippen LogP contribution in [-0.2, 0) is 11.3 Å². The van der Waals surface area contributed by atoms with Gasteiger partial charge in [0.2, 0.25) is 0 Å². The minimum Gasteiger partial charge on any atom is -0.483 e. The lowest BCUT2D eigenvalue weighted by molar-refractivity contribution is -0.135. The van der Waals surface area contributed by atoms with Crippen LogP contribution in [0, 0.1) is 0 Å². The third-order valence-electron chi connectivity index (χ3n) is 5.36. The molecule has 5 heteroatoms. The van der Waals surface area contributed by atoms with Crippen molar-refractivity contribution in [2.24, 2.45) is 0 Å². The fraction of sp³-hybridized carbons (Fsp3) is 0.240. The molecule has 4 rings (SSSR count). The molecule has 4 nitrogen and oxygen atoms in total. The molecule has 1 amide bonds. The van der Waals surface area contributed by atoms with E-state index in [1.165, 1.54) is 5.56 Å². The Morgan fingerprint density at radius 2 is 1.50 bits per heavy atom. The Morgan fingerprint density at radius 3 is 2.17 bits per heavy atom. The van der Waals surface area contributed by atoms with Crippen molar-refractivity contribution in [2.75, 3.05) is 32.8 Å². The summed E-state index contributed by atoms with van der Waals surface area (Å²) in [4.78, 5) is 16.9. The van der Waals surface area contributed by atoms with Crippen molar-refractivity contribution < 1.29 is 9.53 Å². The molecule has 0 saturated carbocycles.